The number of hydrogen-bond donors (Lipinski definition) is 1. The molecule has 1 aliphatic rings. The lowest BCUT2D eigenvalue weighted by atomic mass is 10.1. The molecule has 1 fully saturated rings. The molecule has 23 heavy (non-hydrogen) atoms. The first kappa shape index (κ1) is 15.9. The topological polar surface area (TPSA) is 69.0 Å². The molecule has 0 atom stereocenters. The van der Waals surface area contributed by atoms with Gasteiger partial charge >= 0.3 is 0 Å². The number of pyridine rings is 1. The quantitative estimate of drug-likeness (QED) is 0.820. The van der Waals surface area contributed by atoms with Gasteiger partial charge in [-0.25, -0.2) is 9.97 Å². The lowest BCUT2D eigenvalue weighted by molar-refractivity contribution is 0.299. The molecule has 0 aromatic carbocycles. The predicted molar refractivity (Wildman–Crippen MR) is 92.8 cm³/mol. The average Bonchev–Trinajstić information content (AvgIpc) is 3.35. The van der Waals surface area contributed by atoms with Gasteiger partial charge in [0.15, 0.2) is 5.75 Å². The van der Waals surface area contributed by atoms with Gasteiger partial charge in [0, 0.05) is 30.6 Å². The molecule has 2 heterocycles. The summed E-state index contributed by atoms with van der Waals surface area (Å²) in [5, 5.41) is 0. The third-order valence-electron chi connectivity index (χ3n) is 3.76. The molecule has 6 nitrogen and oxygen atoms in total. The fourth-order valence-corrected chi connectivity index (χ4v) is 2.60. The Balaban J connectivity index is 2.02. The van der Waals surface area contributed by atoms with Crippen LogP contribution in [0.3, 0.4) is 0 Å². The van der Waals surface area contributed by atoms with E-state index < -0.39 is 0 Å². The minimum Gasteiger partial charge on any atom is -0.489 e. The highest BCUT2D eigenvalue weighted by atomic mass is 32.2. The molecule has 0 saturated heterocycles. The number of hydrogen-bond acceptors (Lipinski definition) is 6. The Hall–Kier alpha value is -2.02. The van der Waals surface area contributed by atoms with E-state index in [1.807, 2.05) is 12.3 Å². The van der Waals surface area contributed by atoms with E-state index in [-0.39, 0.29) is 5.56 Å². The molecular formula is C16H20N4O2S. The van der Waals surface area contributed by atoms with Crippen LogP contribution in [0.4, 0.5) is 5.95 Å². The Morgan fingerprint density at radius 1 is 1.48 bits per heavy atom. The van der Waals surface area contributed by atoms with Crippen molar-refractivity contribution in [2.45, 2.75) is 19.8 Å². The third-order valence-corrected chi connectivity index (χ3v) is 4.14. The van der Waals surface area contributed by atoms with Gasteiger partial charge in [-0.15, -0.1) is 0 Å². The minimum absolute atomic E-state index is 0.00860. The summed E-state index contributed by atoms with van der Waals surface area (Å²) in [4.78, 5) is 20.8. The van der Waals surface area contributed by atoms with Gasteiger partial charge in [0.05, 0.1) is 12.8 Å². The summed E-state index contributed by atoms with van der Waals surface area (Å²) in [6.07, 6.45) is 7.84. The second-order valence-corrected chi connectivity index (χ2v) is 6.41. The second kappa shape index (κ2) is 6.62. The first-order valence-corrected chi connectivity index (χ1v) is 8.77. The Labute approximate surface area is 139 Å². The third kappa shape index (κ3) is 3.67. The average molecular weight is 332 g/mol. The van der Waals surface area contributed by atoms with E-state index in [0.29, 0.717) is 35.5 Å². The number of aromatic nitrogens is 3. The monoisotopic (exact) mass is 332 g/mol. The van der Waals surface area contributed by atoms with Crippen molar-refractivity contribution in [1.29, 1.82) is 0 Å². The van der Waals surface area contributed by atoms with Crippen LogP contribution in [0.15, 0.2) is 23.3 Å². The van der Waals surface area contributed by atoms with Crippen molar-refractivity contribution >= 4 is 17.9 Å². The maximum Gasteiger partial charge on any atom is 0.253 e. The number of aryl methyl sites for hydroxylation is 2. The van der Waals surface area contributed by atoms with Gasteiger partial charge < -0.3 is 9.30 Å². The zero-order valence-electron chi connectivity index (χ0n) is 13.5. The molecule has 1 aliphatic carbocycles. The van der Waals surface area contributed by atoms with E-state index in [1.54, 1.807) is 30.9 Å². The fraction of sp³-hybridized carbons (Fsp3) is 0.438. The first-order chi connectivity index (χ1) is 11.1. The summed E-state index contributed by atoms with van der Waals surface area (Å²) in [6.45, 7) is 2.50. The van der Waals surface area contributed by atoms with E-state index in [4.69, 9.17) is 4.74 Å². The summed E-state index contributed by atoms with van der Waals surface area (Å²) in [6, 6.07) is 1.84. The summed E-state index contributed by atoms with van der Waals surface area (Å²) in [5.74, 6) is 1.83. The molecule has 0 bridgehead atoms. The van der Waals surface area contributed by atoms with Gasteiger partial charge in [-0.05, 0) is 31.7 Å². The number of nitrogens with zero attached hydrogens (tertiary/aromatic N) is 3. The Bertz CT molecular complexity index is 745. The van der Waals surface area contributed by atoms with Crippen molar-refractivity contribution in [3.63, 3.8) is 0 Å². The number of rotatable bonds is 6. The largest absolute Gasteiger partial charge is 0.489 e. The highest BCUT2D eigenvalue weighted by molar-refractivity contribution is 7.99. The lowest BCUT2D eigenvalue weighted by Crippen LogP contribution is -2.18. The summed E-state index contributed by atoms with van der Waals surface area (Å²) < 4.78 is 10.5. The highest BCUT2D eigenvalue weighted by Gasteiger charge is 2.23. The number of nitrogens with one attached hydrogen (secondary N) is 1. The van der Waals surface area contributed by atoms with E-state index >= 15 is 0 Å². The molecule has 0 unspecified atom stereocenters. The smallest absolute Gasteiger partial charge is 0.253 e. The Morgan fingerprint density at radius 2 is 2.26 bits per heavy atom. The van der Waals surface area contributed by atoms with Crippen LogP contribution in [0.25, 0.3) is 11.3 Å². The van der Waals surface area contributed by atoms with Crippen molar-refractivity contribution in [3.05, 3.63) is 34.4 Å². The van der Waals surface area contributed by atoms with Crippen LogP contribution in [0.5, 0.6) is 5.75 Å². The predicted octanol–water partition coefficient (Wildman–Crippen LogP) is 2.63. The molecule has 3 rings (SSSR count). The van der Waals surface area contributed by atoms with Crippen LogP contribution in [0.2, 0.25) is 0 Å². The highest BCUT2D eigenvalue weighted by Crippen LogP contribution is 2.33. The molecule has 2 aromatic rings. The van der Waals surface area contributed by atoms with Crippen molar-refractivity contribution in [3.8, 4) is 17.0 Å². The van der Waals surface area contributed by atoms with Gasteiger partial charge in [0.2, 0.25) is 5.95 Å². The van der Waals surface area contributed by atoms with Crippen LogP contribution in [0.1, 0.15) is 18.4 Å². The Kier molecular flexibility index (Phi) is 4.56. The van der Waals surface area contributed by atoms with Crippen LogP contribution < -0.4 is 15.0 Å². The van der Waals surface area contributed by atoms with Gasteiger partial charge in [-0.3, -0.25) is 9.52 Å². The van der Waals surface area contributed by atoms with Crippen molar-refractivity contribution in [1.82, 2.24) is 14.5 Å². The molecule has 1 N–H and O–H groups in total. The molecule has 2 aromatic heterocycles. The van der Waals surface area contributed by atoms with Gasteiger partial charge in [0.25, 0.3) is 5.56 Å². The zero-order valence-corrected chi connectivity index (χ0v) is 14.3. The van der Waals surface area contributed by atoms with Crippen LogP contribution in [0, 0.1) is 12.8 Å². The molecule has 0 amide bonds. The fourth-order valence-electron chi connectivity index (χ4n) is 2.32. The molecular weight excluding hydrogens is 312 g/mol. The van der Waals surface area contributed by atoms with Crippen molar-refractivity contribution in [2.75, 3.05) is 17.6 Å². The number of anilines is 1. The van der Waals surface area contributed by atoms with Crippen LogP contribution in [-0.4, -0.2) is 27.4 Å². The summed E-state index contributed by atoms with van der Waals surface area (Å²) >= 11 is 1.43. The standard InChI is InChI=1S/C16H20N4O2S/c1-10-6-12(8-20(2)15(10)21)14-13(22-9-11-4-5-11)7-17-16(18-14)19-23-3/h6-8,11H,4-5,9H2,1-3H3,(H,17,18,19). The van der Waals surface area contributed by atoms with Crippen LogP contribution >= 0.6 is 11.9 Å². The molecule has 1 saturated carbocycles. The molecule has 0 spiro atoms. The molecule has 122 valence electrons. The van der Waals surface area contributed by atoms with Crippen LogP contribution in [-0.2, 0) is 7.05 Å². The SMILES string of the molecule is CSNc1ncc(OCC2CC2)c(-c2cc(C)c(=O)n(C)c2)n1. The summed E-state index contributed by atoms with van der Waals surface area (Å²) in [5.41, 5.74) is 2.22. The Morgan fingerprint density at radius 3 is 2.91 bits per heavy atom. The van der Waals surface area contributed by atoms with E-state index in [2.05, 4.69) is 14.7 Å². The molecule has 0 aliphatic heterocycles. The molecule has 7 heteroatoms. The number of ether oxygens (including phenoxy) is 1. The maximum absolute atomic E-state index is 11.9. The zero-order chi connectivity index (χ0) is 16.4. The van der Waals surface area contributed by atoms with Gasteiger partial charge in [0.1, 0.15) is 5.69 Å². The maximum atomic E-state index is 11.9. The second-order valence-electron chi connectivity index (χ2n) is 5.79. The molecule has 0 radical (unpaired) electrons. The van der Waals surface area contributed by atoms with E-state index in [1.165, 1.54) is 24.8 Å². The minimum atomic E-state index is -0.00860. The van der Waals surface area contributed by atoms with Crippen molar-refractivity contribution in [2.24, 2.45) is 13.0 Å². The van der Waals surface area contributed by atoms with E-state index in [0.717, 1.165) is 5.56 Å². The summed E-state index contributed by atoms with van der Waals surface area (Å²) in [7, 11) is 1.74. The van der Waals surface area contributed by atoms with Crippen molar-refractivity contribution < 1.29 is 4.74 Å². The van der Waals surface area contributed by atoms with E-state index in [9.17, 15) is 4.79 Å². The first-order valence-electron chi connectivity index (χ1n) is 7.55. The van der Waals surface area contributed by atoms with Gasteiger partial charge in [-0.2, -0.15) is 0 Å². The van der Waals surface area contributed by atoms with Gasteiger partial charge in [-0.1, -0.05) is 11.9 Å². The normalized spacial score (nSPS) is 13.9. The lowest BCUT2D eigenvalue weighted by Gasteiger charge is -2.13.